The van der Waals surface area contributed by atoms with Crippen molar-refractivity contribution in [2.24, 2.45) is 0 Å². The molecular weight excluding hydrogens is 711 g/mol. The lowest BCUT2D eigenvalue weighted by molar-refractivity contribution is 0.667. The number of hydrogen-bond donors (Lipinski definition) is 0. The van der Waals surface area contributed by atoms with E-state index in [-0.39, 0.29) is 0 Å². The Hall–Kier alpha value is -7.83. The van der Waals surface area contributed by atoms with Gasteiger partial charge in [0.05, 0.1) is 27.8 Å². The third-order valence-corrected chi connectivity index (χ3v) is 11.5. The molecule has 0 atom stereocenters. The Kier molecular flexibility index (Phi) is 7.04. The number of aryl methyl sites for hydroxylation is 1. The lowest BCUT2D eigenvalue weighted by Gasteiger charge is -2.11. The first-order chi connectivity index (χ1) is 28.7. The Balaban J connectivity index is 1.15. The molecule has 0 aliphatic carbocycles. The zero-order valence-corrected chi connectivity index (χ0v) is 31.5. The van der Waals surface area contributed by atoms with Crippen LogP contribution >= 0.6 is 0 Å². The zero-order chi connectivity index (χ0) is 38.3. The van der Waals surface area contributed by atoms with Crippen LogP contribution in [0.4, 0.5) is 0 Å². The van der Waals surface area contributed by atoms with E-state index in [0.29, 0.717) is 17.6 Å². The van der Waals surface area contributed by atoms with Crippen molar-refractivity contribution in [2.45, 2.75) is 6.92 Å². The van der Waals surface area contributed by atoms with Crippen LogP contribution in [0.2, 0.25) is 0 Å². The van der Waals surface area contributed by atoms with E-state index in [2.05, 4.69) is 162 Å². The Bertz CT molecular complexity index is 3560. The van der Waals surface area contributed by atoms with Crippen molar-refractivity contribution in [1.82, 2.24) is 24.1 Å². The maximum absolute atomic E-state index is 6.96. The van der Waals surface area contributed by atoms with Crippen LogP contribution < -0.4 is 0 Å². The van der Waals surface area contributed by atoms with Gasteiger partial charge in [-0.3, -0.25) is 4.57 Å². The minimum absolute atomic E-state index is 0.569. The number of benzene rings is 8. The molecule has 0 aliphatic rings. The predicted molar refractivity (Wildman–Crippen MR) is 237 cm³/mol. The topological polar surface area (TPSA) is 61.7 Å². The molecule has 0 fully saturated rings. The first-order valence-corrected chi connectivity index (χ1v) is 19.5. The molecular formula is C52H33N5O. The Morgan fingerprint density at radius 2 is 0.897 bits per heavy atom. The number of furan rings is 1. The monoisotopic (exact) mass is 743 g/mol. The number of hydrogen-bond acceptors (Lipinski definition) is 4. The maximum Gasteiger partial charge on any atom is 0.238 e. The fraction of sp³-hybridized carbons (Fsp3) is 0.0192. The number of fused-ring (bicyclic) bond motifs is 10. The summed E-state index contributed by atoms with van der Waals surface area (Å²) in [5.41, 5.74) is 12.2. The van der Waals surface area contributed by atoms with Gasteiger partial charge >= 0.3 is 0 Å². The van der Waals surface area contributed by atoms with Crippen LogP contribution in [0, 0.1) is 6.92 Å². The van der Waals surface area contributed by atoms with E-state index < -0.39 is 0 Å². The molecule has 0 saturated carbocycles. The van der Waals surface area contributed by atoms with Gasteiger partial charge in [0, 0.05) is 49.0 Å². The van der Waals surface area contributed by atoms with Crippen LogP contribution in [-0.2, 0) is 0 Å². The summed E-state index contributed by atoms with van der Waals surface area (Å²) in [4.78, 5) is 15.4. The van der Waals surface area contributed by atoms with E-state index in [1.54, 1.807) is 0 Å². The second-order valence-electron chi connectivity index (χ2n) is 14.9. The number of aromatic nitrogens is 5. The number of rotatable bonds is 5. The van der Waals surface area contributed by atoms with Crippen LogP contribution in [0.15, 0.2) is 186 Å². The molecule has 6 heteroatoms. The van der Waals surface area contributed by atoms with Gasteiger partial charge in [0.1, 0.15) is 5.58 Å². The van der Waals surface area contributed by atoms with E-state index in [9.17, 15) is 0 Å². The van der Waals surface area contributed by atoms with Crippen LogP contribution in [0.5, 0.6) is 0 Å². The van der Waals surface area contributed by atoms with Gasteiger partial charge in [0.25, 0.3) is 0 Å². The molecule has 272 valence electrons. The summed E-state index contributed by atoms with van der Waals surface area (Å²) in [7, 11) is 0. The number of para-hydroxylation sites is 4. The molecule has 0 spiro atoms. The van der Waals surface area contributed by atoms with Crippen molar-refractivity contribution in [3.8, 4) is 45.5 Å². The predicted octanol–water partition coefficient (Wildman–Crippen LogP) is 13.3. The SMILES string of the molecule is Cc1ccc(-c2nc(-c3ccccc3)nc(-n3c4ccccc4c4c5c6ccccc6n(-c6cccc7c6oc6c(-c8ccccc8)cccc67)c5ccc43)n2)cc1. The van der Waals surface area contributed by atoms with Crippen LogP contribution in [0.1, 0.15) is 5.56 Å². The normalized spacial score (nSPS) is 11.9. The molecule has 0 radical (unpaired) electrons. The van der Waals surface area contributed by atoms with Crippen molar-refractivity contribution in [3.63, 3.8) is 0 Å². The summed E-state index contributed by atoms with van der Waals surface area (Å²) in [6, 6.07) is 63.6. The molecule has 0 N–H and O–H groups in total. The second kappa shape index (κ2) is 12.6. The minimum atomic E-state index is 0.569. The highest BCUT2D eigenvalue weighted by molar-refractivity contribution is 6.29. The van der Waals surface area contributed by atoms with Crippen molar-refractivity contribution in [1.29, 1.82) is 0 Å². The average Bonchev–Trinajstić information content (AvgIpc) is 3.95. The van der Waals surface area contributed by atoms with Crippen LogP contribution in [0.25, 0.3) is 111 Å². The highest BCUT2D eigenvalue weighted by atomic mass is 16.3. The van der Waals surface area contributed by atoms with Gasteiger partial charge in [0.15, 0.2) is 17.2 Å². The van der Waals surface area contributed by atoms with Crippen molar-refractivity contribution < 1.29 is 4.42 Å². The average molecular weight is 744 g/mol. The van der Waals surface area contributed by atoms with E-state index >= 15 is 0 Å². The Morgan fingerprint density at radius 1 is 0.379 bits per heavy atom. The Morgan fingerprint density at radius 3 is 1.57 bits per heavy atom. The third kappa shape index (κ3) is 4.82. The molecule has 0 bridgehead atoms. The minimum Gasteiger partial charge on any atom is -0.453 e. The summed E-state index contributed by atoms with van der Waals surface area (Å²) in [5.74, 6) is 1.82. The molecule has 8 aromatic carbocycles. The highest BCUT2D eigenvalue weighted by Crippen LogP contribution is 2.44. The van der Waals surface area contributed by atoms with Gasteiger partial charge in [-0.25, -0.2) is 4.98 Å². The van der Waals surface area contributed by atoms with Gasteiger partial charge in [-0.15, -0.1) is 0 Å². The molecule has 58 heavy (non-hydrogen) atoms. The van der Waals surface area contributed by atoms with Gasteiger partial charge in [0.2, 0.25) is 5.95 Å². The quantitative estimate of drug-likeness (QED) is 0.176. The molecule has 0 amide bonds. The van der Waals surface area contributed by atoms with Crippen LogP contribution in [-0.4, -0.2) is 24.1 Å². The first kappa shape index (κ1) is 32.4. The fourth-order valence-corrected chi connectivity index (χ4v) is 8.83. The van der Waals surface area contributed by atoms with E-state index in [1.807, 2.05) is 36.4 Å². The van der Waals surface area contributed by atoms with Crippen molar-refractivity contribution >= 4 is 65.6 Å². The lowest BCUT2D eigenvalue weighted by atomic mass is 10.0. The molecule has 6 nitrogen and oxygen atoms in total. The van der Waals surface area contributed by atoms with Gasteiger partial charge in [-0.05, 0) is 42.8 Å². The first-order valence-electron chi connectivity index (χ1n) is 19.5. The summed E-state index contributed by atoms with van der Waals surface area (Å²) in [6.45, 7) is 2.09. The molecule has 4 heterocycles. The molecule has 12 aromatic rings. The number of nitrogens with zero attached hydrogens (tertiary/aromatic N) is 5. The largest absolute Gasteiger partial charge is 0.453 e. The van der Waals surface area contributed by atoms with Gasteiger partial charge in [-0.1, -0.05) is 157 Å². The molecule has 4 aromatic heterocycles. The standard InChI is InChI=1S/C52H33N5O/c1-32-26-28-35(29-27-32)51-53-50(34-16-6-3-7-17-34)54-52(55-51)57-42-24-11-9-19-40(42)47-44(57)31-30-43-46(47)39-18-8-10-23-41(39)56(43)45-25-13-22-38-37-21-12-20-36(48(37)58-49(38)45)33-14-4-2-5-15-33/h2-31H,1H3. The van der Waals surface area contributed by atoms with Gasteiger partial charge in [-0.2, -0.15) is 9.97 Å². The van der Waals surface area contributed by atoms with E-state index in [1.165, 1.54) is 5.56 Å². The van der Waals surface area contributed by atoms with E-state index in [0.717, 1.165) is 93.5 Å². The van der Waals surface area contributed by atoms with Crippen molar-refractivity contribution in [2.75, 3.05) is 0 Å². The summed E-state index contributed by atoms with van der Waals surface area (Å²) in [6.07, 6.45) is 0. The fourth-order valence-electron chi connectivity index (χ4n) is 8.83. The third-order valence-electron chi connectivity index (χ3n) is 11.5. The lowest BCUT2D eigenvalue weighted by Crippen LogP contribution is -2.06. The highest BCUT2D eigenvalue weighted by Gasteiger charge is 2.24. The summed E-state index contributed by atoms with van der Waals surface area (Å²) in [5, 5.41) is 6.77. The van der Waals surface area contributed by atoms with Crippen LogP contribution in [0.3, 0.4) is 0 Å². The molecule has 0 unspecified atom stereocenters. The van der Waals surface area contributed by atoms with Crippen molar-refractivity contribution in [3.05, 3.63) is 188 Å². The Labute approximate surface area is 332 Å². The van der Waals surface area contributed by atoms with Gasteiger partial charge < -0.3 is 8.98 Å². The second-order valence-corrected chi connectivity index (χ2v) is 14.9. The smallest absolute Gasteiger partial charge is 0.238 e. The molecule has 12 rings (SSSR count). The summed E-state index contributed by atoms with van der Waals surface area (Å²) < 4.78 is 11.5. The molecule has 0 saturated heterocycles. The van der Waals surface area contributed by atoms with E-state index in [4.69, 9.17) is 19.4 Å². The summed E-state index contributed by atoms with van der Waals surface area (Å²) >= 11 is 0. The zero-order valence-electron chi connectivity index (χ0n) is 31.5. The molecule has 0 aliphatic heterocycles. The maximum atomic E-state index is 6.96.